The van der Waals surface area contributed by atoms with E-state index in [4.69, 9.17) is 0 Å². The molecule has 94 valence electrons. The fraction of sp³-hybridized carbons (Fsp3) is 0.667. The minimum absolute atomic E-state index is 0.178. The summed E-state index contributed by atoms with van der Waals surface area (Å²) in [6.07, 6.45) is 7.33. The normalized spacial score (nSPS) is 32.8. The number of rotatable bonds is 2. The van der Waals surface area contributed by atoms with Crippen molar-refractivity contribution in [3.05, 3.63) is 23.3 Å². The smallest absolute Gasteiger partial charge is 0.332 e. The number of allylic oxidation sites excluding steroid dienone is 3. The zero-order valence-corrected chi connectivity index (χ0v) is 10.9. The van der Waals surface area contributed by atoms with Gasteiger partial charge in [0.25, 0.3) is 0 Å². The Kier molecular flexibility index (Phi) is 3.41. The molecule has 0 aliphatic heterocycles. The zero-order valence-electron chi connectivity index (χ0n) is 10.9. The molecule has 0 aromatic carbocycles. The Labute approximate surface area is 103 Å². The second-order valence-corrected chi connectivity index (χ2v) is 5.86. The number of aliphatic carboxylic acids is 1. The molecule has 0 saturated heterocycles. The van der Waals surface area contributed by atoms with Gasteiger partial charge in [-0.1, -0.05) is 38.5 Å². The molecule has 0 amide bonds. The maximum atomic E-state index is 11.3. The van der Waals surface area contributed by atoms with E-state index >= 15 is 0 Å². The van der Waals surface area contributed by atoms with Crippen molar-refractivity contribution >= 4 is 5.97 Å². The molecular formula is C15H22O2. The summed E-state index contributed by atoms with van der Waals surface area (Å²) in [4.78, 5) is 11.3. The molecule has 1 saturated carbocycles. The van der Waals surface area contributed by atoms with E-state index in [1.54, 1.807) is 0 Å². The number of carbonyl (C=O) groups is 1. The average Bonchev–Trinajstić information content (AvgIpc) is 2.60. The van der Waals surface area contributed by atoms with Crippen molar-refractivity contribution in [3.63, 3.8) is 0 Å². The van der Waals surface area contributed by atoms with Crippen molar-refractivity contribution in [2.75, 3.05) is 0 Å². The molecule has 0 radical (unpaired) electrons. The van der Waals surface area contributed by atoms with E-state index in [0.717, 1.165) is 6.42 Å². The van der Waals surface area contributed by atoms with Gasteiger partial charge in [-0.25, -0.2) is 4.79 Å². The highest BCUT2D eigenvalue weighted by atomic mass is 16.4. The van der Waals surface area contributed by atoms with Crippen molar-refractivity contribution in [3.8, 4) is 0 Å². The molecular weight excluding hydrogens is 212 g/mol. The maximum Gasteiger partial charge on any atom is 0.332 e. The van der Waals surface area contributed by atoms with E-state index in [1.807, 2.05) is 6.08 Å². The standard InChI is InChI=1S/C15H22O2/c1-9(2)11-5-4-10(3)12-6-7-13(15(16)17)14(12)8-11/h6-7,9-11,14H,4-5,8H2,1-3H3,(H,16,17). The maximum absolute atomic E-state index is 11.3. The quantitative estimate of drug-likeness (QED) is 0.792. The Morgan fingerprint density at radius 3 is 2.65 bits per heavy atom. The van der Waals surface area contributed by atoms with Crippen molar-refractivity contribution in [1.82, 2.24) is 0 Å². The molecule has 0 aromatic rings. The first-order valence-electron chi connectivity index (χ1n) is 6.65. The number of carboxylic acids is 1. The predicted molar refractivity (Wildman–Crippen MR) is 68.6 cm³/mol. The summed E-state index contributed by atoms with van der Waals surface area (Å²) in [5.74, 6) is 1.29. The molecule has 1 fully saturated rings. The highest BCUT2D eigenvalue weighted by Gasteiger charge is 2.35. The van der Waals surface area contributed by atoms with Gasteiger partial charge in [-0.2, -0.15) is 0 Å². The van der Waals surface area contributed by atoms with Crippen molar-refractivity contribution in [2.24, 2.45) is 23.7 Å². The van der Waals surface area contributed by atoms with Crippen LogP contribution >= 0.6 is 0 Å². The third-order valence-corrected chi connectivity index (χ3v) is 4.50. The molecule has 0 spiro atoms. The highest BCUT2D eigenvalue weighted by molar-refractivity contribution is 5.89. The first kappa shape index (κ1) is 12.4. The molecule has 3 unspecified atom stereocenters. The Morgan fingerprint density at radius 1 is 1.35 bits per heavy atom. The molecule has 2 aliphatic rings. The largest absolute Gasteiger partial charge is 0.478 e. The Balaban J connectivity index is 2.24. The monoisotopic (exact) mass is 234 g/mol. The second-order valence-electron chi connectivity index (χ2n) is 5.86. The summed E-state index contributed by atoms with van der Waals surface area (Å²) in [6.45, 7) is 6.74. The van der Waals surface area contributed by atoms with E-state index in [1.165, 1.54) is 18.4 Å². The van der Waals surface area contributed by atoms with Crippen LogP contribution < -0.4 is 0 Å². The SMILES string of the molecule is CC1CCC(C(C)C)CC2C(C(=O)O)=CC=C12. The van der Waals surface area contributed by atoms with Gasteiger partial charge < -0.3 is 5.11 Å². The Hall–Kier alpha value is -1.05. The lowest BCUT2D eigenvalue weighted by atomic mass is 9.81. The Bertz CT molecular complexity index is 376. The molecule has 2 nitrogen and oxygen atoms in total. The van der Waals surface area contributed by atoms with Crippen LogP contribution in [0, 0.1) is 23.7 Å². The van der Waals surface area contributed by atoms with Crippen molar-refractivity contribution in [1.29, 1.82) is 0 Å². The molecule has 0 aromatic heterocycles. The van der Waals surface area contributed by atoms with Gasteiger partial charge in [0.15, 0.2) is 0 Å². The molecule has 2 rings (SSSR count). The number of hydrogen-bond donors (Lipinski definition) is 1. The average molecular weight is 234 g/mol. The van der Waals surface area contributed by atoms with E-state index in [9.17, 15) is 9.90 Å². The van der Waals surface area contributed by atoms with E-state index in [0.29, 0.717) is 23.3 Å². The fourth-order valence-corrected chi connectivity index (χ4v) is 3.25. The van der Waals surface area contributed by atoms with Gasteiger partial charge in [-0.05, 0) is 37.0 Å². The van der Waals surface area contributed by atoms with Crippen molar-refractivity contribution < 1.29 is 9.90 Å². The van der Waals surface area contributed by atoms with E-state index < -0.39 is 5.97 Å². The molecule has 3 atom stereocenters. The van der Waals surface area contributed by atoms with Gasteiger partial charge in [0.05, 0.1) is 0 Å². The van der Waals surface area contributed by atoms with E-state index in [2.05, 4.69) is 26.8 Å². The van der Waals surface area contributed by atoms with Gasteiger partial charge in [0.2, 0.25) is 0 Å². The number of fused-ring (bicyclic) bond motifs is 1. The van der Waals surface area contributed by atoms with Crippen LogP contribution in [0.15, 0.2) is 23.3 Å². The van der Waals surface area contributed by atoms with Crippen LogP contribution in [-0.2, 0) is 4.79 Å². The molecule has 1 N–H and O–H groups in total. The topological polar surface area (TPSA) is 37.3 Å². The predicted octanol–water partition coefficient (Wildman–Crippen LogP) is 3.65. The van der Waals surface area contributed by atoms with Gasteiger partial charge in [-0.15, -0.1) is 0 Å². The minimum atomic E-state index is -0.738. The van der Waals surface area contributed by atoms with Gasteiger partial charge >= 0.3 is 5.97 Å². The first-order chi connectivity index (χ1) is 8.00. The lowest BCUT2D eigenvalue weighted by Gasteiger charge is -2.23. The lowest BCUT2D eigenvalue weighted by molar-refractivity contribution is -0.133. The van der Waals surface area contributed by atoms with Crippen LogP contribution in [0.1, 0.15) is 40.0 Å². The second kappa shape index (κ2) is 4.67. The van der Waals surface area contributed by atoms with Crippen LogP contribution in [-0.4, -0.2) is 11.1 Å². The van der Waals surface area contributed by atoms with Crippen LogP contribution in [0.25, 0.3) is 0 Å². The lowest BCUT2D eigenvalue weighted by Crippen LogP contribution is -2.17. The zero-order chi connectivity index (χ0) is 12.6. The molecule has 2 heteroatoms. The molecule has 0 bridgehead atoms. The summed E-state index contributed by atoms with van der Waals surface area (Å²) in [5.41, 5.74) is 1.96. The van der Waals surface area contributed by atoms with E-state index in [-0.39, 0.29) is 5.92 Å². The van der Waals surface area contributed by atoms with Crippen LogP contribution in [0.3, 0.4) is 0 Å². The molecule has 0 heterocycles. The number of hydrogen-bond acceptors (Lipinski definition) is 1. The fourth-order valence-electron chi connectivity index (χ4n) is 3.25. The summed E-state index contributed by atoms with van der Waals surface area (Å²) in [5, 5.41) is 9.25. The minimum Gasteiger partial charge on any atom is -0.478 e. The third kappa shape index (κ3) is 2.31. The summed E-state index contributed by atoms with van der Waals surface area (Å²) in [6, 6.07) is 0. The van der Waals surface area contributed by atoms with Crippen LogP contribution in [0.4, 0.5) is 0 Å². The molecule has 2 aliphatic carbocycles. The first-order valence-corrected chi connectivity index (χ1v) is 6.65. The van der Waals surface area contributed by atoms with Crippen LogP contribution in [0.2, 0.25) is 0 Å². The van der Waals surface area contributed by atoms with Gasteiger partial charge in [0, 0.05) is 11.5 Å². The third-order valence-electron chi connectivity index (χ3n) is 4.50. The number of carboxylic acid groups (broad SMARTS) is 1. The summed E-state index contributed by atoms with van der Waals surface area (Å²) >= 11 is 0. The Morgan fingerprint density at radius 2 is 2.06 bits per heavy atom. The van der Waals surface area contributed by atoms with Gasteiger partial charge in [0.1, 0.15) is 0 Å². The highest BCUT2D eigenvalue weighted by Crippen LogP contribution is 2.44. The summed E-state index contributed by atoms with van der Waals surface area (Å²) < 4.78 is 0. The van der Waals surface area contributed by atoms with Gasteiger partial charge in [-0.3, -0.25) is 0 Å². The summed E-state index contributed by atoms with van der Waals surface area (Å²) in [7, 11) is 0. The van der Waals surface area contributed by atoms with Crippen molar-refractivity contribution in [2.45, 2.75) is 40.0 Å². The van der Waals surface area contributed by atoms with Crippen LogP contribution in [0.5, 0.6) is 0 Å². The molecule has 17 heavy (non-hydrogen) atoms.